The van der Waals surface area contributed by atoms with Gasteiger partial charge in [0.25, 0.3) is 0 Å². The summed E-state index contributed by atoms with van der Waals surface area (Å²) in [5, 5.41) is 11.8. The molecule has 0 radical (unpaired) electrons. The van der Waals surface area contributed by atoms with Gasteiger partial charge in [0.15, 0.2) is 5.82 Å². The van der Waals surface area contributed by atoms with Crippen molar-refractivity contribution in [3.63, 3.8) is 0 Å². The Hall–Kier alpha value is -3.04. The second-order valence-electron chi connectivity index (χ2n) is 5.13. The molecule has 3 rings (SSSR count). The molecule has 3 aromatic rings. The number of nitrogens with zero attached hydrogens (tertiary/aromatic N) is 2. The van der Waals surface area contributed by atoms with E-state index in [2.05, 4.69) is 10.4 Å². The van der Waals surface area contributed by atoms with Gasteiger partial charge in [0.2, 0.25) is 16.4 Å². The van der Waals surface area contributed by atoms with E-state index in [4.69, 9.17) is 5.14 Å². The minimum Gasteiger partial charge on any atom is -0.312 e. The number of carbonyl (C=O) groups is 1. The van der Waals surface area contributed by atoms with Crippen LogP contribution < -0.4 is 10.5 Å². The maximum atomic E-state index is 13.2. The van der Waals surface area contributed by atoms with Gasteiger partial charge in [0.05, 0.1) is 16.3 Å². The molecule has 0 aliphatic rings. The molecule has 0 saturated heterocycles. The molecule has 0 aliphatic carbocycles. The lowest BCUT2D eigenvalue weighted by molar-refractivity contribution is -0.105. The predicted octanol–water partition coefficient (Wildman–Crippen LogP) is 1.89. The monoisotopic (exact) mass is 360 g/mol. The molecule has 0 saturated carbocycles. The van der Waals surface area contributed by atoms with E-state index < -0.39 is 10.0 Å². The maximum absolute atomic E-state index is 13.2. The molecule has 25 heavy (non-hydrogen) atoms. The number of rotatable bonds is 5. The van der Waals surface area contributed by atoms with Crippen LogP contribution in [0.1, 0.15) is 0 Å². The number of hydrogen-bond donors (Lipinski definition) is 2. The number of amides is 1. The largest absolute Gasteiger partial charge is 0.312 e. The zero-order chi connectivity index (χ0) is 18.0. The Kier molecular flexibility index (Phi) is 4.34. The fourth-order valence-corrected chi connectivity index (χ4v) is 2.83. The van der Waals surface area contributed by atoms with E-state index in [1.807, 2.05) is 0 Å². The molecule has 2 aromatic carbocycles. The number of aromatic nitrogens is 2. The predicted molar refractivity (Wildman–Crippen MR) is 90.0 cm³/mol. The number of hydrogen-bond acceptors (Lipinski definition) is 4. The third-order valence-corrected chi connectivity index (χ3v) is 4.40. The summed E-state index contributed by atoms with van der Waals surface area (Å²) in [5.74, 6) is -0.0802. The summed E-state index contributed by atoms with van der Waals surface area (Å²) in [5.41, 5.74) is 1.81. The average Bonchev–Trinajstić information content (AvgIpc) is 2.99. The van der Waals surface area contributed by atoms with Crippen LogP contribution in [-0.2, 0) is 14.8 Å². The van der Waals surface area contributed by atoms with Crippen molar-refractivity contribution < 1.29 is 17.6 Å². The van der Waals surface area contributed by atoms with Crippen LogP contribution in [0.4, 0.5) is 10.2 Å². The smallest absolute Gasteiger partial charge is 0.238 e. The fraction of sp³-hybridized carbons (Fsp3) is 0. The fourth-order valence-electron chi connectivity index (χ4n) is 2.31. The van der Waals surface area contributed by atoms with E-state index in [1.165, 1.54) is 41.1 Å². The summed E-state index contributed by atoms with van der Waals surface area (Å²) in [7, 11) is -3.80. The standard InChI is InChI=1S/C16H13FN4O3S/c17-12-3-1-11(2-4-12)15-9-16(19-10-22)20-21(15)13-5-7-14(8-6-13)25(18,23)24/h1-10H,(H2,18,23,24)(H,19,20,22). The third-order valence-electron chi connectivity index (χ3n) is 3.47. The van der Waals surface area contributed by atoms with Crippen molar-refractivity contribution >= 4 is 22.3 Å². The summed E-state index contributed by atoms with van der Waals surface area (Å²) in [6.45, 7) is 0. The molecule has 1 amide bonds. The van der Waals surface area contributed by atoms with Gasteiger partial charge in [0.1, 0.15) is 5.82 Å². The van der Waals surface area contributed by atoms with Gasteiger partial charge >= 0.3 is 0 Å². The molecule has 0 spiro atoms. The van der Waals surface area contributed by atoms with Crippen LogP contribution >= 0.6 is 0 Å². The van der Waals surface area contributed by atoms with Crippen LogP contribution in [0.5, 0.6) is 0 Å². The first-order valence-corrected chi connectivity index (χ1v) is 8.62. The van der Waals surface area contributed by atoms with Gasteiger partial charge in [0, 0.05) is 11.6 Å². The number of carbonyl (C=O) groups excluding carboxylic acids is 1. The van der Waals surface area contributed by atoms with Crippen molar-refractivity contribution in [1.29, 1.82) is 0 Å². The number of benzene rings is 2. The Morgan fingerprint density at radius 3 is 2.28 bits per heavy atom. The molecular formula is C16H13FN4O3S. The first kappa shape index (κ1) is 16.8. The van der Waals surface area contributed by atoms with Crippen molar-refractivity contribution in [2.75, 3.05) is 5.32 Å². The molecule has 9 heteroatoms. The van der Waals surface area contributed by atoms with Crippen molar-refractivity contribution in [1.82, 2.24) is 9.78 Å². The number of nitrogens with one attached hydrogen (secondary N) is 1. The van der Waals surface area contributed by atoms with Gasteiger partial charge in [-0.1, -0.05) is 0 Å². The Morgan fingerprint density at radius 1 is 1.08 bits per heavy atom. The molecule has 1 heterocycles. The highest BCUT2D eigenvalue weighted by molar-refractivity contribution is 7.89. The summed E-state index contributed by atoms with van der Waals surface area (Å²) < 4.78 is 37.4. The van der Waals surface area contributed by atoms with Crippen LogP contribution in [0.3, 0.4) is 0 Å². The van der Waals surface area contributed by atoms with Crippen LogP contribution in [-0.4, -0.2) is 24.6 Å². The van der Waals surface area contributed by atoms with E-state index in [-0.39, 0.29) is 10.7 Å². The molecular weight excluding hydrogens is 347 g/mol. The van der Waals surface area contributed by atoms with E-state index in [0.717, 1.165) is 0 Å². The second-order valence-corrected chi connectivity index (χ2v) is 6.70. The number of sulfonamides is 1. The van der Waals surface area contributed by atoms with Gasteiger partial charge < -0.3 is 5.32 Å². The van der Waals surface area contributed by atoms with E-state index in [1.54, 1.807) is 18.2 Å². The zero-order valence-corrected chi connectivity index (χ0v) is 13.6. The van der Waals surface area contributed by atoms with Gasteiger partial charge in [-0.25, -0.2) is 22.6 Å². The van der Waals surface area contributed by atoms with Gasteiger partial charge in [-0.2, -0.15) is 0 Å². The van der Waals surface area contributed by atoms with E-state index >= 15 is 0 Å². The van der Waals surface area contributed by atoms with Crippen LogP contribution in [0.25, 0.3) is 16.9 Å². The third kappa shape index (κ3) is 3.57. The van der Waals surface area contributed by atoms with E-state index in [0.29, 0.717) is 29.2 Å². The minimum absolute atomic E-state index is 0.0296. The first-order valence-electron chi connectivity index (χ1n) is 7.08. The topological polar surface area (TPSA) is 107 Å². The minimum atomic E-state index is -3.80. The molecule has 7 nitrogen and oxygen atoms in total. The van der Waals surface area contributed by atoms with Crippen molar-refractivity contribution in [2.45, 2.75) is 4.90 Å². The highest BCUT2D eigenvalue weighted by Gasteiger charge is 2.13. The molecule has 3 N–H and O–H groups in total. The number of primary sulfonamides is 1. The summed E-state index contributed by atoms with van der Waals surface area (Å²) in [6.07, 6.45) is 0.491. The quantitative estimate of drug-likeness (QED) is 0.678. The number of anilines is 1. The molecule has 0 unspecified atom stereocenters. The van der Waals surface area contributed by atoms with Gasteiger partial charge in [-0.05, 0) is 48.5 Å². The summed E-state index contributed by atoms with van der Waals surface area (Å²) in [6, 6.07) is 13.2. The lowest BCUT2D eigenvalue weighted by Gasteiger charge is -2.08. The highest BCUT2D eigenvalue weighted by Crippen LogP contribution is 2.26. The molecule has 0 bridgehead atoms. The Balaban J connectivity index is 2.11. The van der Waals surface area contributed by atoms with Crippen molar-refractivity contribution in [2.24, 2.45) is 5.14 Å². The highest BCUT2D eigenvalue weighted by atomic mass is 32.2. The van der Waals surface area contributed by atoms with Crippen LogP contribution in [0.2, 0.25) is 0 Å². The van der Waals surface area contributed by atoms with Gasteiger partial charge in [-0.3, -0.25) is 4.79 Å². The van der Waals surface area contributed by atoms with Crippen LogP contribution in [0, 0.1) is 5.82 Å². The lowest BCUT2D eigenvalue weighted by atomic mass is 10.1. The molecule has 0 aliphatic heterocycles. The SMILES string of the molecule is NS(=O)(=O)c1ccc(-n2nc(NC=O)cc2-c2ccc(F)cc2)cc1. The maximum Gasteiger partial charge on any atom is 0.238 e. The van der Waals surface area contributed by atoms with Crippen molar-refractivity contribution in [3.05, 3.63) is 60.4 Å². The second kappa shape index (κ2) is 6.46. The number of nitrogens with two attached hydrogens (primary N) is 1. The van der Waals surface area contributed by atoms with Gasteiger partial charge in [-0.15, -0.1) is 5.10 Å². The lowest BCUT2D eigenvalue weighted by Crippen LogP contribution is -2.12. The molecule has 1 aromatic heterocycles. The van der Waals surface area contributed by atoms with Crippen molar-refractivity contribution in [3.8, 4) is 16.9 Å². The average molecular weight is 360 g/mol. The van der Waals surface area contributed by atoms with E-state index in [9.17, 15) is 17.6 Å². The number of halogens is 1. The summed E-state index contributed by atoms with van der Waals surface area (Å²) >= 11 is 0. The zero-order valence-electron chi connectivity index (χ0n) is 12.8. The molecule has 0 atom stereocenters. The summed E-state index contributed by atoms with van der Waals surface area (Å²) in [4.78, 5) is 10.6. The Bertz CT molecular complexity index is 1010. The Morgan fingerprint density at radius 2 is 1.72 bits per heavy atom. The normalized spacial score (nSPS) is 11.3. The Labute approximate surface area is 142 Å². The first-order chi connectivity index (χ1) is 11.9. The van der Waals surface area contributed by atoms with Crippen LogP contribution in [0.15, 0.2) is 59.5 Å². The molecule has 128 valence electrons. The molecule has 0 fully saturated rings.